The third kappa shape index (κ3) is 4.10. The summed E-state index contributed by atoms with van der Waals surface area (Å²) in [6.07, 6.45) is 0.365. The molecule has 4 heteroatoms. The van der Waals surface area contributed by atoms with E-state index >= 15 is 0 Å². The number of rotatable bonds is 5. The van der Waals surface area contributed by atoms with E-state index in [1.807, 2.05) is 12.1 Å². The molecule has 4 nitrogen and oxygen atoms in total. The van der Waals surface area contributed by atoms with E-state index in [0.29, 0.717) is 24.2 Å². The maximum atomic E-state index is 11.9. The fourth-order valence-electron chi connectivity index (χ4n) is 2.14. The highest BCUT2D eigenvalue weighted by molar-refractivity contribution is 5.91. The molecule has 0 saturated heterocycles. The third-order valence-electron chi connectivity index (χ3n) is 3.55. The second-order valence-corrected chi connectivity index (χ2v) is 5.17. The first-order valence-electron chi connectivity index (χ1n) is 7.20. The van der Waals surface area contributed by atoms with Gasteiger partial charge >= 0.3 is 0 Å². The van der Waals surface area contributed by atoms with Gasteiger partial charge in [0.05, 0.1) is 11.6 Å². The van der Waals surface area contributed by atoms with Crippen LogP contribution in [0.2, 0.25) is 0 Å². The molecule has 0 aromatic heterocycles. The molecular weight excluding hydrogens is 274 g/mol. The summed E-state index contributed by atoms with van der Waals surface area (Å²) in [7, 11) is 0. The van der Waals surface area contributed by atoms with E-state index in [2.05, 4.69) is 36.6 Å². The quantitative estimate of drug-likeness (QED) is 0.885. The zero-order valence-electron chi connectivity index (χ0n) is 12.8. The lowest BCUT2D eigenvalue weighted by Gasteiger charge is -2.11. The van der Waals surface area contributed by atoms with Gasteiger partial charge in [-0.25, -0.2) is 0 Å². The maximum Gasteiger partial charge on any atom is 0.226 e. The number of carbonyl (C=O) groups excluding carboxylic acids is 1. The van der Waals surface area contributed by atoms with Crippen molar-refractivity contribution in [2.75, 3.05) is 17.2 Å². The number of nitriles is 1. The van der Waals surface area contributed by atoms with Crippen LogP contribution in [-0.2, 0) is 4.79 Å². The monoisotopic (exact) mass is 293 g/mol. The van der Waals surface area contributed by atoms with Crippen molar-refractivity contribution in [3.05, 3.63) is 59.2 Å². The highest BCUT2D eigenvalue weighted by atomic mass is 16.1. The van der Waals surface area contributed by atoms with Crippen LogP contribution in [0.15, 0.2) is 42.5 Å². The van der Waals surface area contributed by atoms with E-state index in [4.69, 9.17) is 5.26 Å². The summed E-state index contributed by atoms with van der Waals surface area (Å²) in [4.78, 5) is 11.9. The Bertz CT molecular complexity index is 717. The average Bonchev–Trinajstić information content (AvgIpc) is 2.51. The van der Waals surface area contributed by atoms with Crippen molar-refractivity contribution < 1.29 is 4.79 Å². The number of amides is 1. The number of carbonyl (C=O) groups is 1. The Labute approximate surface area is 130 Å². The molecule has 0 radical (unpaired) electrons. The van der Waals surface area contributed by atoms with Gasteiger partial charge in [0, 0.05) is 24.3 Å². The van der Waals surface area contributed by atoms with Crippen LogP contribution in [0.3, 0.4) is 0 Å². The number of hydrogen-bond donors (Lipinski definition) is 2. The molecule has 2 aromatic carbocycles. The minimum Gasteiger partial charge on any atom is -0.384 e. The Morgan fingerprint density at radius 3 is 2.73 bits per heavy atom. The van der Waals surface area contributed by atoms with Gasteiger partial charge < -0.3 is 10.6 Å². The predicted octanol–water partition coefficient (Wildman–Crippen LogP) is 3.62. The second-order valence-electron chi connectivity index (χ2n) is 5.17. The molecule has 0 bridgehead atoms. The standard InChI is InChI=1S/C18H19N3O/c1-13-5-3-8-17(14(13)2)20-10-9-18(22)21-16-7-4-6-15(11-16)12-19/h3-8,11,20H,9-10H2,1-2H3,(H,21,22). The molecule has 22 heavy (non-hydrogen) atoms. The summed E-state index contributed by atoms with van der Waals surface area (Å²) >= 11 is 0. The Morgan fingerprint density at radius 1 is 1.18 bits per heavy atom. The zero-order valence-corrected chi connectivity index (χ0v) is 12.8. The van der Waals surface area contributed by atoms with Crippen molar-refractivity contribution in [2.45, 2.75) is 20.3 Å². The summed E-state index contributed by atoms with van der Waals surface area (Å²) in [5.41, 5.74) is 4.66. The van der Waals surface area contributed by atoms with Crippen LogP contribution in [0.1, 0.15) is 23.1 Å². The summed E-state index contributed by atoms with van der Waals surface area (Å²) in [6.45, 7) is 4.69. The zero-order chi connectivity index (χ0) is 15.9. The van der Waals surface area contributed by atoms with Gasteiger partial charge in [0.25, 0.3) is 0 Å². The van der Waals surface area contributed by atoms with Gasteiger partial charge in [-0.3, -0.25) is 4.79 Å². The second kappa shape index (κ2) is 7.28. The summed E-state index contributed by atoms with van der Waals surface area (Å²) in [5, 5.41) is 14.9. The number of nitrogens with zero attached hydrogens (tertiary/aromatic N) is 1. The van der Waals surface area contributed by atoms with E-state index in [-0.39, 0.29) is 5.91 Å². The van der Waals surface area contributed by atoms with Crippen LogP contribution in [-0.4, -0.2) is 12.5 Å². The van der Waals surface area contributed by atoms with E-state index < -0.39 is 0 Å². The van der Waals surface area contributed by atoms with Gasteiger partial charge in [-0.05, 0) is 49.2 Å². The van der Waals surface area contributed by atoms with Crippen LogP contribution in [0.4, 0.5) is 11.4 Å². The van der Waals surface area contributed by atoms with Crippen molar-refractivity contribution in [1.82, 2.24) is 0 Å². The molecule has 0 aliphatic rings. The Morgan fingerprint density at radius 2 is 1.95 bits per heavy atom. The Balaban J connectivity index is 1.85. The van der Waals surface area contributed by atoms with Crippen LogP contribution in [0, 0.1) is 25.2 Å². The van der Waals surface area contributed by atoms with Crippen LogP contribution in [0.25, 0.3) is 0 Å². The molecule has 0 aliphatic carbocycles. The van der Waals surface area contributed by atoms with Gasteiger partial charge in [-0.1, -0.05) is 18.2 Å². The van der Waals surface area contributed by atoms with Crippen molar-refractivity contribution in [2.24, 2.45) is 0 Å². The van der Waals surface area contributed by atoms with E-state index in [9.17, 15) is 4.79 Å². The van der Waals surface area contributed by atoms with Gasteiger partial charge in [0.15, 0.2) is 0 Å². The molecule has 0 unspecified atom stereocenters. The van der Waals surface area contributed by atoms with E-state index in [1.54, 1.807) is 24.3 Å². The topological polar surface area (TPSA) is 64.9 Å². The largest absolute Gasteiger partial charge is 0.384 e. The van der Waals surface area contributed by atoms with Crippen LogP contribution >= 0.6 is 0 Å². The lowest BCUT2D eigenvalue weighted by atomic mass is 10.1. The maximum absolute atomic E-state index is 11.9. The highest BCUT2D eigenvalue weighted by Gasteiger charge is 2.04. The molecule has 112 valence electrons. The molecule has 0 heterocycles. The van der Waals surface area contributed by atoms with E-state index in [1.165, 1.54) is 11.1 Å². The van der Waals surface area contributed by atoms with Gasteiger partial charge in [-0.15, -0.1) is 0 Å². The number of nitrogens with one attached hydrogen (secondary N) is 2. The van der Waals surface area contributed by atoms with Crippen molar-refractivity contribution >= 4 is 17.3 Å². The van der Waals surface area contributed by atoms with Crippen molar-refractivity contribution in [3.8, 4) is 6.07 Å². The first kappa shape index (κ1) is 15.6. The minimum absolute atomic E-state index is 0.0760. The predicted molar refractivity (Wildman–Crippen MR) is 88.8 cm³/mol. The van der Waals surface area contributed by atoms with Crippen molar-refractivity contribution in [3.63, 3.8) is 0 Å². The molecule has 2 aromatic rings. The molecule has 1 amide bonds. The Kier molecular flexibility index (Phi) is 5.16. The molecule has 0 fully saturated rings. The van der Waals surface area contributed by atoms with Gasteiger partial charge in [-0.2, -0.15) is 5.26 Å². The molecule has 0 saturated carbocycles. The first-order chi connectivity index (χ1) is 10.6. The van der Waals surface area contributed by atoms with Gasteiger partial charge in [0.1, 0.15) is 0 Å². The summed E-state index contributed by atoms with van der Waals surface area (Å²) in [6, 6.07) is 15.0. The normalized spacial score (nSPS) is 9.86. The number of aryl methyl sites for hydroxylation is 1. The Hall–Kier alpha value is -2.80. The third-order valence-corrected chi connectivity index (χ3v) is 3.55. The van der Waals surface area contributed by atoms with Gasteiger partial charge in [0.2, 0.25) is 5.91 Å². The lowest BCUT2D eigenvalue weighted by molar-refractivity contribution is -0.115. The minimum atomic E-state index is -0.0760. The molecular formula is C18H19N3O. The van der Waals surface area contributed by atoms with Crippen LogP contribution < -0.4 is 10.6 Å². The van der Waals surface area contributed by atoms with Crippen LogP contribution in [0.5, 0.6) is 0 Å². The average molecular weight is 293 g/mol. The summed E-state index contributed by atoms with van der Waals surface area (Å²) < 4.78 is 0. The number of hydrogen-bond acceptors (Lipinski definition) is 3. The number of benzene rings is 2. The fraction of sp³-hybridized carbons (Fsp3) is 0.222. The molecule has 0 aliphatic heterocycles. The lowest BCUT2D eigenvalue weighted by Crippen LogP contribution is -2.16. The first-order valence-corrected chi connectivity index (χ1v) is 7.20. The SMILES string of the molecule is Cc1cccc(NCCC(=O)Nc2cccc(C#N)c2)c1C. The summed E-state index contributed by atoms with van der Waals surface area (Å²) in [5.74, 6) is -0.0760. The molecule has 2 N–H and O–H groups in total. The smallest absolute Gasteiger partial charge is 0.226 e. The molecule has 0 atom stereocenters. The van der Waals surface area contributed by atoms with E-state index in [0.717, 1.165) is 5.69 Å². The molecule has 2 rings (SSSR count). The molecule has 0 spiro atoms. The fourth-order valence-corrected chi connectivity index (χ4v) is 2.14. The highest BCUT2D eigenvalue weighted by Crippen LogP contribution is 2.17. The van der Waals surface area contributed by atoms with Crippen molar-refractivity contribution in [1.29, 1.82) is 5.26 Å². The number of anilines is 2.